The molecule has 0 atom stereocenters. The molecule has 1 fully saturated rings. The highest BCUT2D eigenvalue weighted by molar-refractivity contribution is 5.96. The first-order chi connectivity index (χ1) is 11.8. The lowest BCUT2D eigenvalue weighted by atomic mass is 10.00. The second-order valence-corrected chi connectivity index (χ2v) is 6.50. The second-order valence-electron chi connectivity index (χ2n) is 6.50. The SMILES string of the molecule is COC(=O)CCC(=O)N1CCN(C(=O)c2cc(C)c(C)cc2C)CC1. The van der Waals surface area contributed by atoms with Gasteiger partial charge in [-0.25, -0.2) is 0 Å². The van der Waals surface area contributed by atoms with Crippen molar-refractivity contribution < 1.29 is 19.1 Å². The Morgan fingerprint density at radius 3 is 2.04 bits per heavy atom. The molecule has 136 valence electrons. The summed E-state index contributed by atoms with van der Waals surface area (Å²) in [7, 11) is 1.31. The third-order valence-electron chi connectivity index (χ3n) is 4.76. The molecule has 1 saturated heterocycles. The summed E-state index contributed by atoms with van der Waals surface area (Å²) in [6.45, 7) is 8.00. The lowest BCUT2D eigenvalue weighted by molar-refractivity contribution is -0.143. The number of nitrogens with zero attached hydrogens (tertiary/aromatic N) is 2. The maximum absolute atomic E-state index is 12.8. The molecule has 1 aromatic rings. The van der Waals surface area contributed by atoms with E-state index in [2.05, 4.69) is 4.74 Å². The predicted molar refractivity (Wildman–Crippen MR) is 94.4 cm³/mol. The van der Waals surface area contributed by atoms with Gasteiger partial charge < -0.3 is 14.5 Å². The number of methoxy groups -OCH3 is 1. The van der Waals surface area contributed by atoms with E-state index in [1.165, 1.54) is 12.7 Å². The van der Waals surface area contributed by atoms with Crippen LogP contribution in [0.5, 0.6) is 0 Å². The monoisotopic (exact) mass is 346 g/mol. The van der Waals surface area contributed by atoms with E-state index < -0.39 is 0 Å². The van der Waals surface area contributed by atoms with Crippen molar-refractivity contribution in [1.29, 1.82) is 0 Å². The molecule has 0 spiro atoms. The highest BCUT2D eigenvalue weighted by Gasteiger charge is 2.26. The Labute approximate surface area is 148 Å². The van der Waals surface area contributed by atoms with Crippen LogP contribution in [0.4, 0.5) is 0 Å². The first kappa shape index (κ1) is 19.0. The summed E-state index contributed by atoms with van der Waals surface area (Å²) in [5.74, 6) is -0.436. The summed E-state index contributed by atoms with van der Waals surface area (Å²) < 4.78 is 4.55. The molecule has 2 rings (SSSR count). The maximum Gasteiger partial charge on any atom is 0.306 e. The van der Waals surface area contributed by atoms with Crippen molar-refractivity contribution in [3.63, 3.8) is 0 Å². The number of aryl methyl sites for hydroxylation is 3. The molecule has 0 radical (unpaired) electrons. The normalized spacial score (nSPS) is 14.4. The fourth-order valence-corrected chi connectivity index (χ4v) is 2.99. The number of amides is 2. The van der Waals surface area contributed by atoms with Gasteiger partial charge in [0.05, 0.1) is 13.5 Å². The van der Waals surface area contributed by atoms with Gasteiger partial charge in [-0.15, -0.1) is 0 Å². The predicted octanol–water partition coefficient (Wildman–Crippen LogP) is 1.85. The van der Waals surface area contributed by atoms with Gasteiger partial charge in [0.25, 0.3) is 5.91 Å². The Hall–Kier alpha value is -2.37. The van der Waals surface area contributed by atoms with E-state index in [0.717, 1.165) is 16.7 Å². The Morgan fingerprint density at radius 2 is 1.44 bits per heavy atom. The van der Waals surface area contributed by atoms with E-state index in [4.69, 9.17) is 0 Å². The molecule has 1 aliphatic heterocycles. The van der Waals surface area contributed by atoms with E-state index >= 15 is 0 Å². The third-order valence-corrected chi connectivity index (χ3v) is 4.76. The third kappa shape index (κ3) is 4.59. The standard InChI is InChI=1S/C19H26N2O4/c1-13-11-15(3)16(12-14(13)2)19(24)21-9-7-20(8-10-21)17(22)5-6-18(23)25-4/h11-12H,5-10H2,1-4H3. The average Bonchev–Trinajstić information content (AvgIpc) is 2.62. The minimum absolute atomic E-state index is 0.0160. The summed E-state index contributed by atoms with van der Waals surface area (Å²) in [5, 5.41) is 0. The van der Waals surface area contributed by atoms with Crippen LogP contribution in [0, 0.1) is 20.8 Å². The van der Waals surface area contributed by atoms with E-state index in [9.17, 15) is 14.4 Å². The molecule has 1 aromatic carbocycles. The Kier molecular flexibility index (Phi) is 6.17. The fourth-order valence-electron chi connectivity index (χ4n) is 2.99. The van der Waals surface area contributed by atoms with Gasteiger partial charge in [0.2, 0.25) is 5.91 Å². The van der Waals surface area contributed by atoms with Crippen LogP contribution in [0.2, 0.25) is 0 Å². The molecule has 1 heterocycles. The van der Waals surface area contributed by atoms with Crippen molar-refractivity contribution in [2.45, 2.75) is 33.6 Å². The van der Waals surface area contributed by atoms with Crippen LogP contribution < -0.4 is 0 Å². The Balaban J connectivity index is 1.93. The van der Waals surface area contributed by atoms with Gasteiger partial charge in [-0.2, -0.15) is 0 Å². The smallest absolute Gasteiger partial charge is 0.306 e. The zero-order valence-corrected chi connectivity index (χ0v) is 15.4. The first-order valence-electron chi connectivity index (χ1n) is 8.55. The van der Waals surface area contributed by atoms with Crippen LogP contribution in [0.1, 0.15) is 39.9 Å². The molecular weight excluding hydrogens is 320 g/mol. The lowest BCUT2D eigenvalue weighted by Gasteiger charge is -2.35. The number of piperazine rings is 1. The minimum atomic E-state index is -0.382. The van der Waals surface area contributed by atoms with E-state index in [-0.39, 0.29) is 30.6 Å². The molecule has 0 unspecified atom stereocenters. The van der Waals surface area contributed by atoms with Crippen molar-refractivity contribution in [3.8, 4) is 0 Å². The Morgan fingerprint density at radius 1 is 0.880 bits per heavy atom. The highest BCUT2D eigenvalue weighted by atomic mass is 16.5. The van der Waals surface area contributed by atoms with Crippen molar-refractivity contribution >= 4 is 17.8 Å². The number of benzene rings is 1. The van der Waals surface area contributed by atoms with Gasteiger partial charge in [0.15, 0.2) is 0 Å². The summed E-state index contributed by atoms with van der Waals surface area (Å²) in [6.07, 6.45) is 0.243. The number of carbonyl (C=O) groups is 3. The number of carbonyl (C=O) groups excluding carboxylic acids is 3. The Bertz CT molecular complexity index is 676. The van der Waals surface area contributed by atoms with E-state index in [0.29, 0.717) is 26.2 Å². The number of hydrogen-bond acceptors (Lipinski definition) is 4. The molecule has 6 heteroatoms. The molecule has 25 heavy (non-hydrogen) atoms. The second kappa shape index (κ2) is 8.14. The molecular formula is C19H26N2O4. The fraction of sp³-hybridized carbons (Fsp3) is 0.526. The molecule has 2 amide bonds. The summed E-state index contributed by atoms with van der Waals surface area (Å²) in [5.41, 5.74) is 3.99. The van der Waals surface area contributed by atoms with Crippen molar-refractivity contribution in [1.82, 2.24) is 9.80 Å². The van der Waals surface area contributed by atoms with Gasteiger partial charge in [-0.3, -0.25) is 14.4 Å². The van der Waals surface area contributed by atoms with Crippen LogP contribution in [0.15, 0.2) is 12.1 Å². The molecule has 1 aliphatic rings. The maximum atomic E-state index is 12.8. The largest absolute Gasteiger partial charge is 0.469 e. The quantitative estimate of drug-likeness (QED) is 0.781. The average molecular weight is 346 g/mol. The van der Waals surface area contributed by atoms with Crippen LogP contribution in [0.25, 0.3) is 0 Å². The molecule has 0 saturated carbocycles. The van der Waals surface area contributed by atoms with Crippen molar-refractivity contribution in [2.24, 2.45) is 0 Å². The zero-order chi connectivity index (χ0) is 18.6. The van der Waals surface area contributed by atoms with Crippen LogP contribution >= 0.6 is 0 Å². The molecule has 0 aliphatic carbocycles. The van der Waals surface area contributed by atoms with Crippen molar-refractivity contribution in [2.75, 3.05) is 33.3 Å². The first-order valence-corrected chi connectivity index (χ1v) is 8.55. The van der Waals surface area contributed by atoms with Crippen LogP contribution in [0.3, 0.4) is 0 Å². The summed E-state index contributed by atoms with van der Waals surface area (Å²) in [6, 6.07) is 3.98. The number of esters is 1. The van der Waals surface area contributed by atoms with Gasteiger partial charge in [0.1, 0.15) is 0 Å². The lowest BCUT2D eigenvalue weighted by Crippen LogP contribution is -2.50. The number of ether oxygens (including phenoxy) is 1. The van der Waals surface area contributed by atoms with E-state index in [1.54, 1.807) is 9.80 Å². The van der Waals surface area contributed by atoms with Crippen LogP contribution in [-0.2, 0) is 14.3 Å². The molecule has 0 bridgehead atoms. The minimum Gasteiger partial charge on any atom is -0.469 e. The molecule has 6 nitrogen and oxygen atoms in total. The van der Waals surface area contributed by atoms with Crippen LogP contribution in [-0.4, -0.2) is 60.9 Å². The summed E-state index contributed by atoms with van der Waals surface area (Å²) >= 11 is 0. The van der Waals surface area contributed by atoms with Gasteiger partial charge in [-0.1, -0.05) is 6.07 Å². The molecule has 0 aromatic heterocycles. The zero-order valence-electron chi connectivity index (χ0n) is 15.4. The highest BCUT2D eigenvalue weighted by Crippen LogP contribution is 2.18. The summed E-state index contributed by atoms with van der Waals surface area (Å²) in [4.78, 5) is 39.5. The van der Waals surface area contributed by atoms with E-state index in [1.807, 2.05) is 32.9 Å². The van der Waals surface area contributed by atoms with Gasteiger partial charge >= 0.3 is 5.97 Å². The number of hydrogen-bond donors (Lipinski definition) is 0. The number of rotatable bonds is 4. The van der Waals surface area contributed by atoms with Crippen molar-refractivity contribution in [3.05, 3.63) is 34.4 Å². The van der Waals surface area contributed by atoms with Gasteiger partial charge in [-0.05, 0) is 43.5 Å². The van der Waals surface area contributed by atoms with Gasteiger partial charge in [0, 0.05) is 38.2 Å². The molecule has 0 N–H and O–H groups in total. The topological polar surface area (TPSA) is 66.9 Å².